The van der Waals surface area contributed by atoms with E-state index in [-0.39, 0.29) is 11.9 Å². The highest BCUT2D eigenvalue weighted by Gasteiger charge is 2.48. The van der Waals surface area contributed by atoms with E-state index in [4.69, 9.17) is 11.6 Å². The fourth-order valence-electron chi connectivity index (χ4n) is 3.44. The number of nitrogens with zero attached hydrogens (tertiary/aromatic N) is 4. The number of anilines is 1. The van der Waals surface area contributed by atoms with Crippen molar-refractivity contribution >= 4 is 40.6 Å². The molecule has 2 aliphatic heterocycles. The number of carbonyl (C=O) groups is 2. The van der Waals surface area contributed by atoms with E-state index in [9.17, 15) is 14.9 Å². The van der Waals surface area contributed by atoms with Gasteiger partial charge in [0.2, 0.25) is 0 Å². The zero-order valence-electron chi connectivity index (χ0n) is 13.8. The lowest BCUT2D eigenvalue weighted by Crippen LogP contribution is -2.52. The lowest BCUT2D eigenvalue weighted by molar-refractivity contribution is -0.121. The van der Waals surface area contributed by atoms with Gasteiger partial charge in [-0.15, -0.1) is 11.3 Å². The maximum atomic E-state index is 12.9. The number of nitriles is 1. The summed E-state index contributed by atoms with van der Waals surface area (Å²) in [5.41, 5.74) is 0.676. The second-order valence-electron chi connectivity index (χ2n) is 6.24. The van der Waals surface area contributed by atoms with Gasteiger partial charge in [-0.2, -0.15) is 5.26 Å². The first kappa shape index (κ1) is 17.0. The summed E-state index contributed by atoms with van der Waals surface area (Å²) in [5.74, 6) is -0.272. The third-order valence-electron chi connectivity index (χ3n) is 4.68. The molecular formula is C18H15ClN4O2S. The van der Waals surface area contributed by atoms with E-state index in [1.807, 2.05) is 12.1 Å². The molecule has 0 N–H and O–H groups in total. The second kappa shape index (κ2) is 6.72. The molecule has 8 heteroatoms. The summed E-state index contributed by atoms with van der Waals surface area (Å²) in [6.45, 7) is 2.36. The zero-order chi connectivity index (χ0) is 18.3. The SMILES string of the molecule is N#Cc1ccccc1N1C(=O)C2CN(Cc3ccc(Cl)s3)CCN2C1=O. The maximum absolute atomic E-state index is 12.9. The van der Waals surface area contributed by atoms with Crippen LogP contribution in [-0.4, -0.2) is 47.4 Å². The van der Waals surface area contributed by atoms with E-state index in [1.54, 1.807) is 29.2 Å². The van der Waals surface area contributed by atoms with E-state index in [1.165, 1.54) is 11.3 Å². The smallest absolute Gasteiger partial charge is 0.309 e. The van der Waals surface area contributed by atoms with E-state index in [0.717, 1.165) is 14.1 Å². The van der Waals surface area contributed by atoms with Crippen molar-refractivity contribution in [3.8, 4) is 6.07 Å². The highest BCUT2D eigenvalue weighted by atomic mass is 35.5. The fourth-order valence-corrected chi connectivity index (χ4v) is 4.57. The van der Waals surface area contributed by atoms with Gasteiger partial charge in [0.05, 0.1) is 15.6 Å². The molecule has 6 nitrogen and oxygen atoms in total. The average Bonchev–Trinajstić information content (AvgIpc) is 3.16. The Morgan fingerprint density at radius 3 is 2.73 bits per heavy atom. The summed E-state index contributed by atoms with van der Waals surface area (Å²) >= 11 is 7.51. The van der Waals surface area contributed by atoms with Gasteiger partial charge in [-0.05, 0) is 24.3 Å². The van der Waals surface area contributed by atoms with Gasteiger partial charge in [0.15, 0.2) is 0 Å². The van der Waals surface area contributed by atoms with Crippen molar-refractivity contribution in [2.75, 3.05) is 24.5 Å². The van der Waals surface area contributed by atoms with Gasteiger partial charge < -0.3 is 4.90 Å². The molecule has 0 saturated carbocycles. The van der Waals surface area contributed by atoms with Gasteiger partial charge in [-0.25, -0.2) is 9.69 Å². The molecule has 2 aliphatic rings. The molecule has 0 spiro atoms. The summed E-state index contributed by atoms with van der Waals surface area (Å²) in [4.78, 5) is 31.7. The molecule has 4 rings (SSSR count). The quantitative estimate of drug-likeness (QED) is 0.760. The number of hydrogen-bond acceptors (Lipinski definition) is 5. The molecule has 2 fully saturated rings. The van der Waals surface area contributed by atoms with Crippen molar-refractivity contribution in [3.63, 3.8) is 0 Å². The molecule has 1 atom stereocenters. The lowest BCUT2D eigenvalue weighted by Gasteiger charge is -2.34. The number of halogens is 1. The van der Waals surface area contributed by atoms with E-state index in [0.29, 0.717) is 37.4 Å². The van der Waals surface area contributed by atoms with Crippen LogP contribution in [0.2, 0.25) is 4.34 Å². The van der Waals surface area contributed by atoms with Crippen LogP contribution >= 0.6 is 22.9 Å². The number of amides is 3. The van der Waals surface area contributed by atoms with Crippen molar-refractivity contribution in [1.29, 1.82) is 5.26 Å². The molecule has 0 aliphatic carbocycles. The van der Waals surface area contributed by atoms with E-state index < -0.39 is 6.04 Å². The number of benzene rings is 1. The van der Waals surface area contributed by atoms with Crippen molar-refractivity contribution in [3.05, 3.63) is 51.2 Å². The Bertz CT molecular complexity index is 922. The molecule has 1 aromatic carbocycles. The third kappa shape index (κ3) is 2.86. The third-order valence-corrected chi connectivity index (χ3v) is 5.90. The topological polar surface area (TPSA) is 67.7 Å². The summed E-state index contributed by atoms with van der Waals surface area (Å²) < 4.78 is 0.741. The normalized spacial score (nSPS) is 20.4. The lowest BCUT2D eigenvalue weighted by atomic mass is 10.1. The van der Waals surface area contributed by atoms with Gasteiger partial charge in [-0.1, -0.05) is 23.7 Å². The highest BCUT2D eigenvalue weighted by Crippen LogP contribution is 2.31. The molecule has 0 radical (unpaired) electrons. The first-order valence-corrected chi connectivity index (χ1v) is 9.38. The molecule has 2 aromatic rings. The molecule has 0 bridgehead atoms. The van der Waals surface area contributed by atoms with Crippen LogP contribution in [0.25, 0.3) is 0 Å². The van der Waals surface area contributed by atoms with Crippen molar-refractivity contribution < 1.29 is 9.59 Å². The van der Waals surface area contributed by atoms with Crippen LogP contribution in [0.3, 0.4) is 0 Å². The summed E-state index contributed by atoms with van der Waals surface area (Å²) in [7, 11) is 0. The first-order valence-electron chi connectivity index (χ1n) is 8.19. The Morgan fingerprint density at radius 2 is 2.00 bits per heavy atom. The number of thiophene rings is 1. The zero-order valence-corrected chi connectivity index (χ0v) is 15.3. The Hall–Kier alpha value is -2.40. The predicted molar refractivity (Wildman–Crippen MR) is 99.1 cm³/mol. The number of fused-ring (bicyclic) bond motifs is 1. The standard InChI is InChI=1S/C18H15ClN4O2S/c19-16-6-5-13(26-16)10-21-7-8-22-15(11-21)17(24)23(18(22)25)14-4-2-1-3-12(14)9-20/h1-6,15H,7-8,10-11H2. The number of para-hydroxylation sites is 1. The molecule has 3 heterocycles. The van der Waals surface area contributed by atoms with E-state index >= 15 is 0 Å². The van der Waals surface area contributed by atoms with Gasteiger partial charge >= 0.3 is 6.03 Å². The van der Waals surface area contributed by atoms with Crippen LogP contribution < -0.4 is 4.90 Å². The molecule has 3 amide bonds. The monoisotopic (exact) mass is 386 g/mol. The molecule has 26 heavy (non-hydrogen) atoms. The van der Waals surface area contributed by atoms with Crippen LogP contribution in [0, 0.1) is 11.3 Å². The summed E-state index contributed by atoms with van der Waals surface area (Å²) in [5, 5.41) is 9.29. The highest BCUT2D eigenvalue weighted by molar-refractivity contribution is 7.16. The largest absolute Gasteiger partial charge is 0.332 e. The summed E-state index contributed by atoms with van der Waals surface area (Å²) in [6.07, 6.45) is 0. The molecular weight excluding hydrogens is 372 g/mol. The summed E-state index contributed by atoms with van der Waals surface area (Å²) in [6, 6.07) is 11.7. The molecule has 1 aromatic heterocycles. The number of carbonyl (C=O) groups excluding carboxylic acids is 2. The molecule has 132 valence electrons. The molecule has 2 saturated heterocycles. The van der Waals surface area contributed by atoms with Crippen LogP contribution in [0.4, 0.5) is 10.5 Å². The Kier molecular flexibility index (Phi) is 4.41. The van der Waals surface area contributed by atoms with Gasteiger partial charge in [0, 0.05) is 31.1 Å². The minimum atomic E-state index is -0.515. The maximum Gasteiger partial charge on any atom is 0.332 e. The van der Waals surface area contributed by atoms with Gasteiger partial charge in [-0.3, -0.25) is 9.69 Å². The number of imide groups is 1. The molecule has 1 unspecified atom stereocenters. The Labute approximate surface area is 159 Å². The number of urea groups is 1. The first-order chi connectivity index (χ1) is 12.6. The number of rotatable bonds is 3. The van der Waals surface area contributed by atoms with E-state index in [2.05, 4.69) is 11.0 Å². The van der Waals surface area contributed by atoms with Crippen molar-refractivity contribution in [2.45, 2.75) is 12.6 Å². The van der Waals surface area contributed by atoms with Crippen LogP contribution in [-0.2, 0) is 11.3 Å². The number of piperazine rings is 1. The van der Waals surface area contributed by atoms with Crippen LogP contribution in [0.15, 0.2) is 36.4 Å². The van der Waals surface area contributed by atoms with Gasteiger partial charge in [0.25, 0.3) is 5.91 Å². The minimum absolute atomic E-state index is 0.272. The number of hydrogen-bond donors (Lipinski definition) is 0. The second-order valence-corrected chi connectivity index (χ2v) is 8.03. The van der Waals surface area contributed by atoms with Crippen molar-refractivity contribution in [2.24, 2.45) is 0 Å². The van der Waals surface area contributed by atoms with Gasteiger partial charge in [0.1, 0.15) is 12.1 Å². The minimum Gasteiger partial charge on any atom is -0.309 e. The average molecular weight is 387 g/mol. The fraction of sp³-hybridized carbons (Fsp3) is 0.278. The van der Waals surface area contributed by atoms with Crippen LogP contribution in [0.5, 0.6) is 0 Å². The predicted octanol–water partition coefficient (Wildman–Crippen LogP) is 2.93. The van der Waals surface area contributed by atoms with Crippen LogP contribution in [0.1, 0.15) is 10.4 Å². The Balaban J connectivity index is 1.56. The Morgan fingerprint density at radius 1 is 1.19 bits per heavy atom. The van der Waals surface area contributed by atoms with Crippen molar-refractivity contribution in [1.82, 2.24) is 9.80 Å².